The van der Waals surface area contributed by atoms with Gasteiger partial charge in [0.05, 0.1) is 6.10 Å². The number of carbonyl (C=O) groups is 2. The second-order valence-electron chi connectivity index (χ2n) is 6.46. The van der Waals surface area contributed by atoms with Gasteiger partial charge in [-0.05, 0) is 18.2 Å². The number of aromatic nitrogens is 1. The maximum atomic E-state index is 12.1. The van der Waals surface area contributed by atoms with Crippen LogP contribution in [0.2, 0.25) is 0 Å². The zero-order chi connectivity index (χ0) is 19.7. The number of ether oxygens (including phenoxy) is 2. The van der Waals surface area contributed by atoms with Crippen molar-refractivity contribution in [3.8, 4) is 11.5 Å². The molecule has 0 aliphatic carbocycles. The van der Waals surface area contributed by atoms with Crippen molar-refractivity contribution in [3.05, 3.63) is 54.2 Å². The van der Waals surface area contributed by atoms with Crippen molar-refractivity contribution in [1.29, 1.82) is 0 Å². The highest BCUT2D eigenvalue weighted by atomic mass is 16.7. The van der Waals surface area contributed by atoms with Gasteiger partial charge in [-0.1, -0.05) is 18.2 Å². The van der Waals surface area contributed by atoms with E-state index in [1.807, 2.05) is 42.1 Å². The average Bonchev–Trinajstić information content (AvgIpc) is 3.30. The second-order valence-corrected chi connectivity index (χ2v) is 6.46. The number of hydrogen-bond donors (Lipinski definition) is 3. The molecule has 3 aromatic rings. The van der Waals surface area contributed by atoms with Gasteiger partial charge in [0, 0.05) is 48.0 Å². The molecule has 8 heteroatoms. The first-order chi connectivity index (χ1) is 13.5. The predicted octanol–water partition coefficient (Wildman–Crippen LogP) is 1.70. The molecule has 1 aliphatic rings. The summed E-state index contributed by atoms with van der Waals surface area (Å²) < 4.78 is 12.3. The molecule has 0 bridgehead atoms. The summed E-state index contributed by atoms with van der Waals surface area (Å²) in [5.41, 5.74) is 2.08. The molecule has 2 aromatic carbocycles. The van der Waals surface area contributed by atoms with E-state index in [1.165, 1.54) is 0 Å². The number of para-hydroxylation sites is 1. The van der Waals surface area contributed by atoms with Crippen LogP contribution in [0.15, 0.2) is 48.7 Å². The zero-order valence-corrected chi connectivity index (χ0v) is 15.1. The van der Waals surface area contributed by atoms with Crippen LogP contribution in [0.5, 0.6) is 11.5 Å². The standard InChI is InChI=1S/C20H19N3O5/c1-23-10-14(13-4-2-3-5-15(13)23)16(24)9-21-19(25)20(26)22-12-6-7-17-18(8-12)28-11-27-17/h2-8,10,16,24H,9,11H2,1H3,(H,21,25)(H,22,26). The molecule has 4 rings (SSSR count). The number of rotatable bonds is 4. The van der Waals surface area contributed by atoms with Gasteiger partial charge < -0.3 is 29.8 Å². The molecule has 1 aliphatic heterocycles. The van der Waals surface area contributed by atoms with E-state index < -0.39 is 17.9 Å². The monoisotopic (exact) mass is 381 g/mol. The molecule has 0 radical (unpaired) electrons. The van der Waals surface area contributed by atoms with Gasteiger partial charge in [0.15, 0.2) is 11.5 Å². The Bertz CT molecular complexity index is 1060. The Kier molecular flexibility index (Phi) is 4.62. The Morgan fingerprint density at radius 1 is 1.14 bits per heavy atom. The smallest absolute Gasteiger partial charge is 0.313 e. The van der Waals surface area contributed by atoms with Crippen LogP contribution in [0.4, 0.5) is 5.69 Å². The van der Waals surface area contributed by atoms with Crippen LogP contribution in [0.25, 0.3) is 10.9 Å². The highest BCUT2D eigenvalue weighted by molar-refractivity contribution is 6.39. The van der Waals surface area contributed by atoms with E-state index in [1.54, 1.807) is 18.2 Å². The lowest BCUT2D eigenvalue weighted by Crippen LogP contribution is -2.37. The van der Waals surface area contributed by atoms with Gasteiger partial charge in [-0.25, -0.2) is 0 Å². The van der Waals surface area contributed by atoms with Crippen LogP contribution < -0.4 is 20.1 Å². The summed E-state index contributed by atoms with van der Waals surface area (Å²) in [6, 6.07) is 12.5. The number of nitrogens with zero attached hydrogens (tertiary/aromatic N) is 1. The van der Waals surface area contributed by atoms with Gasteiger partial charge in [0.2, 0.25) is 6.79 Å². The first kappa shape index (κ1) is 17.9. The van der Waals surface area contributed by atoms with Crippen LogP contribution >= 0.6 is 0 Å². The number of carbonyl (C=O) groups excluding carboxylic acids is 2. The topological polar surface area (TPSA) is 102 Å². The van der Waals surface area contributed by atoms with E-state index in [4.69, 9.17) is 9.47 Å². The molecular formula is C20H19N3O5. The minimum Gasteiger partial charge on any atom is -0.454 e. The number of anilines is 1. The third kappa shape index (κ3) is 3.37. The lowest BCUT2D eigenvalue weighted by atomic mass is 10.1. The number of aliphatic hydroxyl groups is 1. The Hall–Kier alpha value is -3.52. The number of amides is 2. The quantitative estimate of drug-likeness (QED) is 0.597. The third-order valence-electron chi connectivity index (χ3n) is 4.58. The van der Waals surface area contributed by atoms with Crippen LogP contribution in [-0.2, 0) is 16.6 Å². The second kappa shape index (κ2) is 7.24. The van der Waals surface area contributed by atoms with Crippen LogP contribution in [0.1, 0.15) is 11.7 Å². The molecule has 1 atom stereocenters. The van der Waals surface area contributed by atoms with Gasteiger partial charge in [-0.2, -0.15) is 0 Å². The van der Waals surface area contributed by atoms with Gasteiger partial charge in [-0.15, -0.1) is 0 Å². The summed E-state index contributed by atoms with van der Waals surface area (Å²) in [6.07, 6.45) is 0.877. The Labute approximate surface area is 160 Å². The molecule has 2 amide bonds. The van der Waals surface area contributed by atoms with E-state index in [2.05, 4.69) is 10.6 Å². The van der Waals surface area contributed by atoms with E-state index in [0.29, 0.717) is 22.7 Å². The van der Waals surface area contributed by atoms with Crippen LogP contribution in [0, 0.1) is 0 Å². The molecule has 0 saturated heterocycles. The summed E-state index contributed by atoms with van der Waals surface area (Å²) in [5.74, 6) is -0.578. The molecule has 1 aromatic heterocycles. The fourth-order valence-corrected chi connectivity index (χ4v) is 3.18. The molecule has 0 spiro atoms. The fraction of sp³-hybridized carbons (Fsp3) is 0.200. The maximum Gasteiger partial charge on any atom is 0.313 e. The number of benzene rings is 2. The fourth-order valence-electron chi connectivity index (χ4n) is 3.18. The minimum atomic E-state index is -0.937. The zero-order valence-electron chi connectivity index (χ0n) is 15.1. The largest absolute Gasteiger partial charge is 0.454 e. The Morgan fingerprint density at radius 2 is 1.93 bits per heavy atom. The van der Waals surface area contributed by atoms with Crippen molar-refractivity contribution in [1.82, 2.24) is 9.88 Å². The number of hydrogen-bond acceptors (Lipinski definition) is 5. The Balaban J connectivity index is 1.37. The SMILES string of the molecule is Cn1cc(C(O)CNC(=O)C(=O)Nc2ccc3c(c2)OCO3)c2ccccc21. The molecule has 2 heterocycles. The van der Waals surface area contributed by atoms with Crippen molar-refractivity contribution >= 4 is 28.4 Å². The third-order valence-corrected chi connectivity index (χ3v) is 4.58. The summed E-state index contributed by atoms with van der Waals surface area (Å²) in [4.78, 5) is 24.2. The number of fused-ring (bicyclic) bond motifs is 2. The number of aryl methyl sites for hydroxylation is 1. The molecule has 3 N–H and O–H groups in total. The predicted molar refractivity (Wildman–Crippen MR) is 102 cm³/mol. The van der Waals surface area contributed by atoms with Gasteiger partial charge in [0.1, 0.15) is 0 Å². The minimum absolute atomic E-state index is 0.0819. The summed E-state index contributed by atoms with van der Waals surface area (Å²) >= 11 is 0. The van der Waals surface area contributed by atoms with Gasteiger partial charge in [-0.3, -0.25) is 9.59 Å². The van der Waals surface area contributed by atoms with Crippen molar-refractivity contribution in [2.75, 3.05) is 18.7 Å². The number of aliphatic hydroxyl groups excluding tert-OH is 1. The van der Waals surface area contributed by atoms with E-state index in [9.17, 15) is 14.7 Å². The van der Waals surface area contributed by atoms with Crippen LogP contribution in [-0.4, -0.2) is 34.8 Å². The van der Waals surface area contributed by atoms with E-state index >= 15 is 0 Å². The number of nitrogens with one attached hydrogen (secondary N) is 2. The summed E-state index contributed by atoms with van der Waals surface area (Å²) in [7, 11) is 1.88. The lowest BCUT2D eigenvalue weighted by molar-refractivity contribution is -0.136. The summed E-state index contributed by atoms with van der Waals surface area (Å²) in [5, 5.41) is 16.3. The first-order valence-corrected chi connectivity index (χ1v) is 8.74. The summed E-state index contributed by atoms with van der Waals surface area (Å²) in [6.45, 7) is 0.0423. The van der Waals surface area contributed by atoms with Crippen molar-refractivity contribution in [3.63, 3.8) is 0 Å². The van der Waals surface area contributed by atoms with Crippen LogP contribution in [0.3, 0.4) is 0 Å². The lowest BCUT2D eigenvalue weighted by Gasteiger charge is -2.11. The molecular weight excluding hydrogens is 362 g/mol. The van der Waals surface area contributed by atoms with E-state index in [0.717, 1.165) is 10.9 Å². The normalized spacial score (nSPS) is 13.4. The van der Waals surface area contributed by atoms with Crippen molar-refractivity contribution < 1.29 is 24.2 Å². The molecule has 8 nitrogen and oxygen atoms in total. The molecule has 0 fully saturated rings. The molecule has 28 heavy (non-hydrogen) atoms. The molecule has 1 unspecified atom stereocenters. The first-order valence-electron chi connectivity index (χ1n) is 8.74. The van der Waals surface area contributed by atoms with Gasteiger partial charge >= 0.3 is 11.8 Å². The highest BCUT2D eigenvalue weighted by Gasteiger charge is 2.20. The highest BCUT2D eigenvalue weighted by Crippen LogP contribution is 2.34. The van der Waals surface area contributed by atoms with Gasteiger partial charge in [0.25, 0.3) is 0 Å². The molecule has 0 saturated carbocycles. The maximum absolute atomic E-state index is 12.1. The van der Waals surface area contributed by atoms with E-state index in [-0.39, 0.29) is 13.3 Å². The Morgan fingerprint density at radius 3 is 2.79 bits per heavy atom. The van der Waals surface area contributed by atoms with Crippen molar-refractivity contribution in [2.24, 2.45) is 7.05 Å². The van der Waals surface area contributed by atoms with Crippen molar-refractivity contribution in [2.45, 2.75) is 6.10 Å². The average molecular weight is 381 g/mol. The molecule has 144 valence electrons.